The molecule has 2 aromatic rings. The quantitative estimate of drug-likeness (QED) is 0.741. The summed E-state index contributed by atoms with van der Waals surface area (Å²) >= 11 is 5.53. The van der Waals surface area contributed by atoms with Crippen LogP contribution >= 0.6 is 12.2 Å². The van der Waals surface area contributed by atoms with E-state index in [0.717, 1.165) is 30.7 Å². The standard InChI is InChI=1S/C21H26N2OS/c1-14(2)15-7-9-17(10-8-15)22-21(25)23-20-6-4-5-16-13-18(24-3)11-12-19(16)20/h7-14,20H,4-6H2,1-3H3,(H2,22,23,25)/t20-/m0/s1. The van der Waals surface area contributed by atoms with E-state index in [-0.39, 0.29) is 6.04 Å². The van der Waals surface area contributed by atoms with Crippen molar-refractivity contribution in [3.05, 3.63) is 59.2 Å². The van der Waals surface area contributed by atoms with Crippen molar-refractivity contribution >= 4 is 23.0 Å². The molecule has 3 rings (SSSR count). The summed E-state index contributed by atoms with van der Waals surface area (Å²) in [5.41, 5.74) is 5.03. The molecule has 3 nitrogen and oxygen atoms in total. The molecule has 1 aliphatic rings. The third-order valence-corrected chi connectivity index (χ3v) is 5.02. The molecule has 2 N–H and O–H groups in total. The number of hydrogen-bond acceptors (Lipinski definition) is 2. The summed E-state index contributed by atoms with van der Waals surface area (Å²) in [5.74, 6) is 1.46. The Bertz CT molecular complexity index is 740. The molecule has 25 heavy (non-hydrogen) atoms. The van der Waals surface area contributed by atoms with Crippen LogP contribution in [-0.4, -0.2) is 12.2 Å². The van der Waals surface area contributed by atoms with Gasteiger partial charge in [0, 0.05) is 5.69 Å². The van der Waals surface area contributed by atoms with Gasteiger partial charge in [-0.1, -0.05) is 32.0 Å². The highest BCUT2D eigenvalue weighted by Gasteiger charge is 2.21. The van der Waals surface area contributed by atoms with E-state index in [9.17, 15) is 0 Å². The molecule has 0 fully saturated rings. The first-order valence-corrected chi connectivity index (χ1v) is 9.32. The maximum Gasteiger partial charge on any atom is 0.171 e. The second kappa shape index (κ2) is 7.87. The van der Waals surface area contributed by atoms with E-state index >= 15 is 0 Å². The summed E-state index contributed by atoms with van der Waals surface area (Å²) in [6.07, 6.45) is 3.35. The third-order valence-electron chi connectivity index (χ3n) is 4.81. The van der Waals surface area contributed by atoms with Gasteiger partial charge in [0.2, 0.25) is 0 Å². The molecule has 4 heteroatoms. The summed E-state index contributed by atoms with van der Waals surface area (Å²) in [4.78, 5) is 0. The highest BCUT2D eigenvalue weighted by Crippen LogP contribution is 2.32. The zero-order valence-corrected chi connectivity index (χ0v) is 16.0. The van der Waals surface area contributed by atoms with Crippen molar-refractivity contribution < 1.29 is 4.74 Å². The number of rotatable bonds is 4. The number of methoxy groups -OCH3 is 1. The van der Waals surface area contributed by atoms with Gasteiger partial charge in [-0.05, 0) is 78.4 Å². The largest absolute Gasteiger partial charge is 0.497 e. The molecule has 0 aromatic heterocycles. The fourth-order valence-corrected chi connectivity index (χ4v) is 3.60. The highest BCUT2D eigenvalue weighted by atomic mass is 32.1. The van der Waals surface area contributed by atoms with E-state index in [1.165, 1.54) is 16.7 Å². The van der Waals surface area contributed by atoms with Crippen molar-refractivity contribution in [3.63, 3.8) is 0 Å². The van der Waals surface area contributed by atoms with Crippen LogP contribution in [0.2, 0.25) is 0 Å². The number of hydrogen-bond donors (Lipinski definition) is 2. The fraction of sp³-hybridized carbons (Fsp3) is 0.381. The molecule has 0 amide bonds. The molecule has 132 valence electrons. The Labute approximate surface area is 155 Å². The lowest BCUT2D eigenvalue weighted by molar-refractivity contribution is 0.412. The molecule has 0 radical (unpaired) electrons. The summed E-state index contributed by atoms with van der Waals surface area (Å²) in [7, 11) is 1.71. The smallest absolute Gasteiger partial charge is 0.171 e. The molecule has 0 spiro atoms. The molecule has 2 aromatic carbocycles. The lowest BCUT2D eigenvalue weighted by Crippen LogP contribution is -2.34. The molecule has 0 aliphatic heterocycles. The number of ether oxygens (including phenoxy) is 1. The predicted octanol–water partition coefficient (Wildman–Crippen LogP) is 5.18. The first kappa shape index (κ1) is 17.7. The van der Waals surface area contributed by atoms with Crippen LogP contribution < -0.4 is 15.4 Å². The van der Waals surface area contributed by atoms with Gasteiger partial charge >= 0.3 is 0 Å². The maximum atomic E-state index is 5.53. The average Bonchev–Trinajstić information content (AvgIpc) is 2.62. The van der Waals surface area contributed by atoms with Crippen LogP contribution in [0.1, 0.15) is 55.3 Å². The number of thiocarbonyl (C=S) groups is 1. The minimum Gasteiger partial charge on any atom is -0.497 e. The van der Waals surface area contributed by atoms with Crippen molar-refractivity contribution in [2.45, 2.75) is 45.1 Å². The van der Waals surface area contributed by atoms with E-state index < -0.39 is 0 Å². The Kier molecular flexibility index (Phi) is 5.59. The third kappa shape index (κ3) is 4.31. The predicted molar refractivity (Wildman–Crippen MR) is 109 cm³/mol. The molecule has 0 saturated carbocycles. The Morgan fingerprint density at radius 3 is 2.60 bits per heavy atom. The Morgan fingerprint density at radius 2 is 1.92 bits per heavy atom. The van der Waals surface area contributed by atoms with Crippen LogP contribution in [0.15, 0.2) is 42.5 Å². The van der Waals surface area contributed by atoms with Crippen molar-refractivity contribution in [1.29, 1.82) is 0 Å². The number of aryl methyl sites for hydroxylation is 1. The molecule has 1 atom stereocenters. The van der Waals surface area contributed by atoms with Crippen molar-refractivity contribution in [2.75, 3.05) is 12.4 Å². The van der Waals surface area contributed by atoms with Crippen LogP contribution in [0.5, 0.6) is 5.75 Å². The van der Waals surface area contributed by atoms with Crippen LogP contribution in [0, 0.1) is 0 Å². The zero-order valence-electron chi connectivity index (χ0n) is 15.1. The minimum absolute atomic E-state index is 0.254. The van der Waals surface area contributed by atoms with E-state index in [0.29, 0.717) is 11.0 Å². The van der Waals surface area contributed by atoms with Gasteiger partial charge in [0.1, 0.15) is 5.75 Å². The number of benzene rings is 2. The maximum absolute atomic E-state index is 5.53. The molecular weight excluding hydrogens is 328 g/mol. The normalized spacial score (nSPS) is 16.2. The van der Waals surface area contributed by atoms with Crippen molar-refractivity contribution in [1.82, 2.24) is 5.32 Å². The molecule has 0 bridgehead atoms. The topological polar surface area (TPSA) is 33.3 Å². The Balaban J connectivity index is 1.66. The van der Waals surface area contributed by atoms with Crippen LogP contribution in [0.25, 0.3) is 0 Å². The number of fused-ring (bicyclic) bond motifs is 1. The van der Waals surface area contributed by atoms with Gasteiger partial charge in [-0.15, -0.1) is 0 Å². The van der Waals surface area contributed by atoms with Gasteiger partial charge in [0.05, 0.1) is 13.2 Å². The van der Waals surface area contributed by atoms with Crippen LogP contribution in [-0.2, 0) is 6.42 Å². The van der Waals surface area contributed by atoms with Crippen LogP contribution in [0.3, 0.4) is 0 Å². The molecule has 0 heterocycles. The Morgan fingerprint density at radius 1 is 1.16 bits per heavy atom. The molecule has 0 saturated heterocycles. The van der Waals surface area contributed by atoms with Crippen molar-refractivity contribution in [2.24, 2.45) is 0 Å². The number of nitrogens with one attached hydrogen (secondary N) is 2. The number of anilines is 1. The first-order valence-electron chi connectivity index (χ1n) is 8.91. The highest BCUT2D eigenvalue weighted by molar-refractivity contribution is 7.80. The van der Waals surface area contributed by atoms with Gasteiger partial charge < -0.3 is 15.4 Å². The van der Waals surface area contributed by atoms with Gasteiger partial charge in [-0.2, -0.15) is 0 Å². The van der Waals surface area contributed by atoms with Gasteiger partial charge in [-0.3, -0.25) is 0 Å². The summed E-state index contributed by atoms with van der Waals surface area (Å²) in [6.45, 7) is 4.40. The van der Waals surface area contributed by atoms with E-state index in [1.807, 2.05) is 6.07 Å². The van der Waals surface area contributed by atoms with Crippen LogP contribution in [0.4, 0.5) is 5.69 Å². The lowest BCUT2D eigenvalue weighted by Gasteiger charge is -2.28. The SMILES string of the molecule is COc1ccc2c(c1)CCC[C@@H]2NC(=S)Nc1ccc(C(C)C)cc1. The minimum atomic E-state index is 0.254. The summed E-state index contributed by atoms with van der Waals surface area (Å²) < 4.78 is 5.34. The fourth-order valence-electron chi connectivity index (χ4n) is 3.34. The van der Waals surface area contributed by atoms with Gasteiger partial charge in [0.25, 0.3) is 0 Å². The van der Waals surface area contributed by atoms with E-state index in [1.54, 1.807) is 7.11 Å². The van der Waals surface area contributed by atoms with E-state index in [2.05, 4.69) is 60.9 Å². The Hall–Kier alpha value is -2.07. The monoisotopic (exact) mass is 354 g/mol. The summed E-state index contributed by atoms with van der Waals surface area (Å²) in [5, 5.41) is 7.45. The molecular formula is C21H26N2OS. The average molecular weight is 355 g/mol. The second-order valence-corrected chi connectivity index (χ2v) is 7.29. The van der Waals surface area contributed by atoms with Gasteiger partial charge in [-0.25, -0.2) is 0 Å². The second-order valence-electron chi connectivity index (χ2n) is 6.88. The molecule has 1 aliphatic carbocycles. The first-order chi connectivity index (χ1) is 12.1. The van der Waals surface area contributed by atoms with Crippen molar-refractivity contribution in [3.8, 4) is 5.75 Å². The lowest BCUT2D eigenvalue weighted by atomic mass is 9.87. The van der Waals surface area contributed by atoms with Gasteiger partial charge in [0.15, 0.2) is 5.11 Å². The zero-order chi connectivity index (χ0) is 17.8. The molecule has 0 unspecified atom stereocenters. The van der Waals surface area contributed by atoms with E-state index in [4.69, 9.17) is 17.0 Å². The summed E-state index contributed by atoms with van der Waals surface area (Å²) in [6, 6.07) is 15.1.